The zero-order chi connectivity index (χ0) is 9.54. The number of alkyl halides is 1. The van der Waals surface area contributed by atoms with Crippen molar-refractivity contribution in [2.24, 2.45) is 0 Å². The highest BCUT2D eigenvalue weighted by molar-refractivity contribution is 9.08. The summed E-state index contributed by atoms with van der Waals surface area (Å²) in [7, 11) is 0. The molecule has 2 fully saturated rings. The van der Waals surface area contributed by atoms with Crippen molar-refractivity contribution in [1.82, 2.24) is 10.2 Å². The van der Waals surface area contributed by atoms with Crippen molar-refractivity contribution in [3.8, 4) is 0 Å². The van der Waals surface area contributed by atoms with Crippen molar-refractivity contribution in [3.05, 3.63) is 17.0 Å². The van der Waals surface area contributed by atoms with E-state index in [-0.39, 0.29) is 0 Å². The zero-order valence-corrected chi connectivity index (χ0v) is 9.81. The number of nitrogens with zero attached hydrogens (tertiary/aromatic N) is 1. The van der Waals surface area contributed by atoms with Crippen LogP contribution in [0, 0.1) is 0 Å². The fourth-order valence-corrected chi connectivity index (χ4v) is 2.85. The molecule has 1 aromatic rings. The Kier molecular flexibility index (Phi) is 2.15. The third-order valence-electron chi connectivity index (χ3n) is 3.54. The summed E-state index contributed by atoms with van der Waals surface area (Å²) in [5.74, 6) is 1.55. The smallest absolute Gasteiger partial charge is 0.0696 e. The van der Waals surface area contributed by atoms with E-state index >= 15 is 0 Å². The van der Waals surface area contributed by atoms with E-state index in [1.807, 2.05) is 0 Å². The molecule has 0 amide bonds. The Morgan fingerprint density at radius 1 is 1.21 bits per heavy atom. The van der Waals surface area contributed by atoms with E-state index in [0.717, 1.165) is 17.2 Å². The molecule has 2 aliphatic rings. The molecule has 0 aromatic carbocycles. The summed E-state index contributed by atoms with van der Waals surface area (Å²) in [6.45, 7) is 0. The van der Waals surface area contributed by atoms with Gasteiger partial charge in [-0.1, -0.05) is 22.4 Å². The maximum absolute atomic E-state index is 4.52. The SMILES string of the molecule is BrCc1c(C2CCC2)n[nH]c1C1CC1. The molecule has 0 bridgehead atoms. The van der Waals surface area contributed by atoms with Gasteiger partial charge in [0, 0.05) is 28.4 Å². The largest absolute Gasteiger partial charge is 0.282 e. The van der Waals surface area contributed by atoms with Crippen molar-refractivity contribution >= 4 is 15.9 Å². The first-order chi connectivity index (χ1) is 6.90. The molecule has 14 heavy (non-hydrogen) atoms. The molecule has 3 rings (SSSR count). The Morgan fingerprint density at radius 3 is 2.50 bits per heavy atom. The predicted octanol–water partition coefficient (Wildman–Crippen LogP) is 3.45. The molecule has 1 heterocycles. The first-order valence-corrected chi connectivity index (χ1v) is 6.65. The van der Waals surface area contributed by atoms with Gasteiger partial charge in [-0.2, -0.15) is 5.10 Å². The molecule has 0 saturated heterocycles. The van der Waals surface area contributed by atoms with Crippen molar-refractivity contribution in [2.75, 3.05) is 0 Å². The van der Waals surface area contributed by atoms with Gasteiger partial charge in [0.2, 0.25) is 0 Å². The van der Waals surface area contributed by atoms with Gasteiger partial charge in [0.05, 0.1) is 5.69 Å². The number of aromatic amines is 1. The van der Waals surface area contributed by atoms with E-state index in [2.05, 4.69) is 26.1 Å². The maximum Gasteiger partial charge on any atom is 0.0696 e. The van der Waals surface area contributed by atoms with Crippen LogP contribution >= 0.6 is 15.9 Å². The molecule has 0 unspecified atom stereocenters. The standard InChI is InChI=1S/C11H15BrN2/c12-6-9-10(7-2-1-3-7)13-14-11(9)8-4-5-8/h7-8H,1-6H2,(H,13,14). The Bertz CT molecular complexity index is 337. The summed E-state index contributed by atoms with van der Waals surface area (Å²) in [6, 6.07) is 0. The van der Waals surface area contributed by atoms with Crippen molar-refractivity contribution in [2.45, 2.75) is 49.3 Å². The molecule has 0 aliphatic heterocycles. The first-order valence-electron chi connectivity index (χ1n) is 5.53. The molecule has 1 aromatic heterocycles. The predicted molar refractivity (Wildman–Crippen MR) is 59.8 cm³/mol. The topological polar surface area (TPSA) is 28.7 Å². The lowest BCUT2D eigenvalue weighted by molar-refractivity contribution is 0.409. The number of hydrogen-bond donors (Lipinski definition) is 1. The monoisotopic (exact) mass is 254 g/mol. The van der Waals surface area contributed by atoms with Crippen LogP contribution in [0.25, 0.3) is 0 Å². The average Bonchev–Trinajstić information content (AvgIpc) is 2.86. The second-order valence-corrected chi connectivity index (χ2v) is 5.10. The van der Waals surface area contributed by atoms with Gasteiger partial charge in [-0.25, -0.2) is 0 Å². The highest BCUT2D eigenvalue weighted by atomic mass is 79.9. The molecule has 76 valence electrons. The summed E-state index contributed by atoms with van der Waals surface area (Å²) in [5.41, 5.74) is 4.25. The Labute approximate surface area is 92.6 Å². The fraction of sp³-hybridized carbons (Fsp3) is 0.727. The van der Waals surface area contributed by atoms with Crippen molar-refractivity contribution < 1.29 is 0 Å². The lowest BCUT2D eigenvalue weighted by atomic mass is 9.81. The molecule has 3 heteroatoms. The van der Waals surface area contributed by atoms with Crippen LogP contribution in [0.2, 0.25) is 0 Å². The lowest BCUT2D eigenvalue weighted by Crippen LogP contribution is -2.10. The highest BCUT2D eigenvalue weighted by Crippen LogP contribution is 2.45. The molecule has 2 nitrogen and oxygen atoms in total. The molecule has 2 saturated carbocycles. The minimum Gasteiger partial charge on any atom is -0.282 e. The number of aromatic nitrogens is 2. The first kappa shape index (κ1) is 8.96. The molecule has 2 aliphatic carbocycles. The number of rotatable bonds is 3. The molecule has 0 atom stereocenters. The van der Waals surface area contributed by atoms with E-state index in [0.29, 0.717) is 0 Å². The van der Waals surface area contributed by atoms with Gasteiger partial charge in [0.25, 0.3) is 0 Å². The van der Waals surface area contributed by atoms with E-state index < -0.39 is 0 Å². The van der Waals surface area contributed by atoms with E-state index in [1.165, 1.54) is 49.1 Å². The van der Waals surface area contributed by atoms with Gasteiger partial charge in [-0.05, 0) is 25.7 Å². The van der Waals surface area contributed by atoms with Crippen molar-refractivity contribution in [3.63, 3.8) is 0 Å². The lowest BCUT2D eigenvalue weighted by Gasteiger charge is -2.24. The molecular formula is C11H15BrN2. The zero-order valence-electron chi connectivity index (χ0n) is 8.22. The van der Waals surface area contributed by atoms with Gasteiger partial charge in [-0.15, -0.1) is 0 Å². The highest BCUT2D eigenvalue weighted by Gasteiger charge is 2.32. The van der Waals surface area contributed by atoms with Crippen LogP contribution in [-0.4, -0.2) is 10.2 Å². The van der Waals surface area contributed by atoms with Gasteiger partial charge >= 0.3 is 0 Å². The molecular weight excluding hydrogens is 240 g/mol. The molecule has 1 N–H and O–H groups in total. The maximum atomic E-state index is 4.52. The third-order valence-corrected chi connectivity index (χ3v) is 4.10. The van der Waals surface area contributed by atoms with Crippen molar-refractivity contribution in [1.29, 1.82) is 0 Å². The van der Waals surface area contributed by atoms with Crippen LogP contribution in [0.4, 0.5) is 0 Å². The van der Waals surface area contributed by atoms with Crippen LogP contribution < -0.4 is 0 Å². The van der Waals surface area contributed by atoms with E-state index in [4.69, 9.17) is 0 Å². The Hall–Kier alpha value is -0.310. The Balaban J connectivity index is 1.93. The summed E-state index contributed by atoms with van der Waals surface area (Å²) in [4.78, 5) is 0. The quantitative estimate of drug-likeness (QED) is 0.823. The second kappa shape index (κ2) is 3.37. The number of hydrogen-bond acceptors (Lipinski definition) is 1. The van der Waals surface area contributed by atoms with Crippen LogP contribution in [0.3, 0.4) is 0 Å². The minimum atomic E-state index is 0.756. The van der Waals surface area contributed by atoms with Crippen LogP contribution in [0.15, 0.2) is 0 Å². The Morgan fingerprint density at radius 2 is 2.00 bits per heavy atom. The average molecular weight is 255 g/mol. The number of H-pyrrole nitrogens is 1. The summed E-state index contributed by atoms with van der Waals surface area (Å²) >= 11 is 3.60. The van der Waals surface area contributed by atoms with Crippen LogP contribution in [0.1, 0.15) is 60.9 Å². The van der Waals surface area contributed by atoms with E-state index in [9.17, 15) is 0 Å². The number of halogens is 1. The normalized spacial score (nSPS) is 22.4. The van der Waals surface area contributed by atoms with Gasteiger partial charge < -0.3 is 0 Å². The van der Waals surface area contributed by atoms with Crippen LogP contribution in [0.5, 0.6) is 0 Å². The minimum absolute atomic E-state index is 0.756. The summed E-state index contributed by atoms with van der Waals surface area (Å²) in [5, 5.41) is 8.74. The molecule has 0 radical (unpaired) electrons. The van der Waals surface area contributed by atoms with Gasteiger partial charge in [-0.3, -0.25) is 5.10 Å². The fourth-order valence-electron chi connectivity index (χ4n) is 2.26. The summed E-state index contributed by atoms with van der Waals surface area (Å²) in [6.07, 6.45) is 6.78. The summed E-state index contributed by atoms with van der Waals surface area (Å²) < 4.78 is 0. The number of nitrogens with one attached hydrogen (secondary N) is 1. The van der Waals surface area contributed by atoms with Gasteiger partial charge in [0.15, 0.2) is 0 Å². The second-order valence-electron chi connectivity index (χ2n) is 4.54. The van der Waals surface area contributed by atoms with Gasteiger partial charge in [0.1, 0.15) is 0 Å². The van der Waals surface area contributed by atoms with Crippen LogP contribution in [-0.2, 0) is 5.33 Å². The van der Waals surface area contributed by atoms with E-state index in [1.54, 1.807) is 0 Å². The third kappa shape index (κ3) is 1.33. The molecule has 0 spiro atoms.